The predicted octanol–water partition coefficient (Wildman–Crippen LogP) is 2.60. The lowest BCUT2D eigenvalue weighted by Gasteiger charge is -2.01. The van der Waals surface area contributed by atoms with Gasteiger partial charge in [-0.2, -0.15) is 5.10 Å². The highest BCUT2D eigenvalue weighted by Crippen LogP contribution is 2.20. The van der Waals surface area contributed by atoms with Gasteiger partial charge in [-0.25, -0.2) is 9.50 Å². The van der Waals surface area contributed by atoms with Crippen molar-refractivity contribution in [1.29, 1.82) is 0 Å². The minimum absolute atomic E-state index is 0.0674. The van der Waals surface area contributed by atoms with Crippen LogP contribution in [0.2, 0.25) is 0 Å². The van der Waals surface area contributed by atoms with Crippen LogP contribution in [0.1, 0.15) is 17.3 Å². The fraction of sp³-hybridized carbons (Fsp3) is 0.0714. The lowest BCUT2D eigenvalue weighted by atomic mass is 10.1. The molecule has 3 rings (SSSR count). The molecule has 0 saturated heterocycles. The van der Waals surface area contributed by atoms with Crippen LogP contribution in [0.3, 0.4) is 0 Å². The van der Waals surface area contributed by atoms with E-state index in [9.17, 15) is 4.79 Å². The number of rotatable bonds is 2. The van der Waals surface area contributed by atoms with Gasteiger partial charge in [0.15, 0.2) is 11.4 Å². The second-order valence-electron chi connectivity index (χ2n) is 4.07. The minimum Gasteiger partial charge on any atom is -0.295 e. The Morgan fingerprint density at radius 1 is 1.17 bits per heavy atom. The van der Waals surface area contributed by atoms with E-state index in [1.165, 1.54) is 0 Å². The number of aromatic nitrogens is 3. The third kappa shape index (κ3) is 1.68. The van der Waals surface area contributed by atoms with E-state index in [-0.39, 0.29) is 5.78 Å². The monoisotopic (exact) mass is 237 g/mol. The third-order valence-electron chi connectivity index (χ3n) is 2.86. The SMILES string of the molecule is CC(=O)c1ccc(-c2cnc3cccnn23)cc1. The molecule has 2 aromatic heterocycles. The van der Waals surface area contributed by atoms with Crippen LogP contribution in [0.5, 0.6) is 0 Å². The van der Waals surface area contributed by atoms with E-state index in [0.717, 1.165) is 16.9 Å². The summed E-state index contributed by atoms with van der Waals surface area (Å²) < 4.78 is 1.78. The van der Waals surface area contributed by atoms with Crippen molar-refractivity contribution in [3.05, 3.63) is 54.4 Å². The summed E-state index contributed by atoms with van der Waals surface area (Å²) in [5.41, 5.74) is 3.43. The van der Waals surface area contributed by atoms with Crippen LogP contribution in [0.25, 0.3) is 16.9 Å². The molecule has 0 unspecified atom stereocenters. The summed E-state index contributed by atoms with van der Waals surface area (Å²) in [5.74, 6) is 0.0674. The Morgan fingerprint density at radius 2 is 1.94 bits per heavy atom. The summed E-state index contributed by atoms with van der Waals surface area (Å²) in [6, 6.07) is 11.2. The molecule has 0 bridgehead atoms. The van der Waals surface area contributed by atoms with Crippen molar-refractivity contribution in [1.82, 2.24) is 14.6 Å². The molecule has 0 radical (unpaired) electrons. The highest BCUT2D eigenvalue weighted by molar-refractivity contribution is 5.94. The zero-order valence-electron chi connectivity index (χ0n) is 9.87. The van der Waals surface area contributed by atoms with Crippen LogP contribution in [-0.4, -0.2) is 20.4 Å². The van der Waals surface area contributed by atoms with E-state index >= 15 is 0 Å². The first-order valence-corrected chi connectivity index (χ1v) is 5.66. The first kappa shape index (κ1) is 10.7. The fourth-order valence-corrected chi connectivity index (χ4v) is 1.90. The summed E-state index contributed by atoms with van der Waals surface area (Å²) in [7, 11) is 0. The average molecular weight is 237 g/mol. The molecule has 0 atom stereocenters. The van der Waals surface area contributed by atoms with Crippen LogP contribution in [-0.2, 0) is 0 Å². The normalized spacial score (nSPS) is 10.7. The molecule has 0 aliphatic carbocycles. The van der Waals surface area contributed by atoms with E-state index in [1.54, 1.807) is 23.8 Å². The Kier molecular flexibility index (Phi) is 2.41. The molecule has 2 heterocycles. The van der Waals surface area contributed by atoms with Gasteiger partial charge < -0.3 is 0 Å². The maximum Gasteiger partial charge on any atom is 0.159 e. The molecule has 4 nitrogen and oxygen atoms in total. The number of carbonyl (C=O) groups excluding carboxylic acids is 1. The number of ketones is 1. The molecule has 0 saturated carbocycles. The number of nitrogens with zero attached hydrogens (tertiary/aromatic N) is 3. The maximum absolute atomic E-state index is 11.2. The lowest BCUT2D eigenvalue weighted by Crippen LogP contribution is -1.94. The highest BCUT2D eigenvalue weighted by Gasteiger charge is 2.06. The Hall–Kier alpha value is -2.49. The molecule has 3 aromatic rings. The van der Waals surface area contributed by atoms with Crippen molar-refractivity contribution in [3.63, 3.8) is 0 Å². The van der Waals surface area contributed by atoms with Crippen LogP contribution in [0, 0.1) is 0 Å². The second-order valence-corrected chi connectivity index (χ2v) is 4.07. The standard InChI is InChI=1S/C14H11N3O/c1-10(18)11-4-6-12(7-5-11)13-9-15-14-3-2-8-16-17(13)14/h2-9H,1H3. The summed E-state index contributed by atoms with van der Waals surface area (Å²) in [6.45, 7) is 1.56. The molecule has 1 aromatic carbocycles. The number of hydrogen-bond donors (Lipinski definition) is 0. The first-order valence-electron chi connectivity index (χ1n) is 5.66. The quantitative estimate of drug-likeness (QED) is 0.643. The molecule has 18 heavy (non-hydrogen) atoms. The van der Waals surface area contributed by atoms with E-state index in [2.05, 4.69) is 10.1 Å². The van der Waals surface area contributed by atoms with Crippen molar-refractivity contribution < 1.29 is 4.79 Å². The number of imidazole rings is 1. The summed E-state index contributed by atoms with van der Waals surface area (Å²) >= 11 is 0. The summed E-state index contributed by atoms with van der Waals surface area (Å²) in [5, 5.41) is 4.26. The zero-order valence-corrected chi connectivity index (χ0v) is 9.87. The Labute approximate surface area is 104 Å². The lowest BCUT2D eigenvalue weighted by molar-refractivity contribution is 0.101. The van der Waals surface area contributed by atoms with E-state index < -0.39 is 0 Å². The van der Waals surface area contributed by atoms with Crippen molar-refractivity contribution in [2.45, 2.75) is 6.92 Å². The topological polar surface area (TPSA) is 47.3 Å². The largest absolute Gasteiger partial charge is 0.295 e. The zero-order chi connectivity index (χ0) is 12.5. The predicted molar refractivity (Wildman–Crippen MR) is 68.4 cm³/mol. The van der Waals surface area contributed by atoms with Gasteiger partial charge in [0, 0.05) is 17.3 Å². The Bertz CT molecular complexity index is 713. The van der Waals surface area contributed by atoms with Gasteiger partial charge in [-0.1, -0.05) is 24.3 Å². The summed E-state index contributed by atoms with van der Waals surface area (Å²) in [4.78, 5) is 15.5. The molecule has 88 valence electrons. The van der Waals surface area contributed by atoms with Crippen LogP contribution in [0.4, 0.5) is 0 Å². The Morgan fingerprint density at radius 3 is 2.67 bits per heavy atom. The molecule has 0 N–H and O–H groups in total. The molecule has 0 fully saturated rings. The van der Waals surface area contributed by atoms with Gasteiger partial charge in [0.05, 0.1) is 11.9 Å². The number of benzene rings is 1. The van der Waals surface area contributed by atoms with Gasteiger partial charge in [-0.15, -0.1) is 0 Å². The maximum atomic E-state index is 11.2. The summed E-state index contributed by atoms with van der Waals surface area (Å²) in [6.07, 6.45) is 3.51. The third-order valence-corrected chi connectivity index (χ3v) is 2.86. The van der Waals surface area contributed by atoms with Gasteiger partial charge in [0.2, 0.25) is 0 Å². The first-order chi connectivity index (χ1) is 8.75. The number of Topliss-reactive ketones (excluding diaryl/α,β-unsaturated/α-hetero) is 1. The number of carbonyl (C=O) groups is 1. The van der Waals surface area contributed by atoms with Crippen molar-refractivity contribution in [2.75, 3.05) is 0 Å². The van der Waals surface area contributed by atoms with Crippen molar-refractivity contribution >= 4 is 11.4 Å². The molecule has 0 aliphatic heterocycles. The number of hydrogen-bond acceptors (Lipinski definition) is 3. The van der Waals surface area contributed by atoms with Gasteiger partial charge >= 0.3 is 0 Å². The van der Waals surface area contributed by atoms with Crippen LogP contribution in [0.15, 0.2) is 48.8 Å². The van der Waals surface area contributed by atoms with Gasteiger partial charge in [-0.3, -0.25) is 4.79 Å². The molecule has 0 amide bonds. The van der Waals surface area contributed by atoms with Crippen LogP contribution < -0.4 is 0 Å². The Balaban J connectivity index is 2.12. The van der Waals surface area contributed by atoms with E-state index in [4.69, 9.17) is 0 Å². The number of fused-ring (bicyclic) bond motifs is 1. The second kappa shape index (κ2) is 4.07. The molecule has 0 aliphatic rings. The highest BCUT2D eigenvalue weighted by atomic mass is 16.1. The van der Waals surface area contributed by atoms with Crippen LogP contribution >= 0.6 is 0 Å². The molecule has 0 spiro atoms. The molecular weight excluding hydrogens is 226 g/mol. The van der Waals surface area contributed by atoms with Gasteiger partial charge in [0.25, 0.3) is 0 Å². The molecule has 4 heteroatoms. The smallest absolute Gasteiger partial charge is 0.159 e. The van der Waals surface area contributed by atoms with Gasteiger partial charge in [0.1, 0.15) is 0 Å². The van der Waals surface area contributed by atoms with Gasteiger partial charge in [-0.05, 0) is 19.1 Å². The van der Waals surface area contributed by atoms with E-state index in [0.29, 0.717) is 5.56 Å². The van der Waals surface area contributed by atoms with E-state index in [1.807, 2.05) is 36.4 Å². The average Bonchev–Trinajstić information content (AvgIpc) is 2.82. The fourth-order valence-electron chi connectivity index (χ4n) is 1.90. The van der Waals surface area contributed by atoms with Crippen molar-refractivity contribution in [3.8, 4) is 11.3 Å². The minimum atomic E-state index is 0.0674. The van der Waals surface area contributed by atoms with Crippen molar-refractivity contribution in [2.24, 2.45) is 0 Å². The molecular formula is C14H11N3O.